The maximum Gasteiger partial charge on any atom is 0.410 e. The molecule has 1 saturated heterocycles. The van der Waals surface area contributed by atoms with Gasteiger partial charge in [-0.3, -0.25) is 4.90 Å². The van der Waals surface area contributed by atoms with Gasteiger partial charge in [0.2, 0.25) is 0 Å². The van der Waals surface area contributed by atoms with Crippen molar-refractivity contribution in [3.8, 4) is 0 Å². The van der Waals surface area contributed by atoms with E-state index in [-0.39, 0.29) is 12.5 Å². The number of carbonyl (C=O) groups is 2. The maximum absolute atomic E-state index is 12.7. The van der Waals surface area contributed by atoms with Gasteiger partial charge in [0.1, 0.15) is 12.6 Å². The molecule has 1 amide bonds. The Morgan fingerprint density at radius 2 is 1.70 bits per heavy atom. The molecular weight excluding hydrogens is 342 g/mol. The zero-order valence-electron chi connectivity index (χ0n) is 16.0. The second-order valence-corrected chi connectivity index (χ2v) is 6.90. The average molecular weight is 367 g/mol. The zero-order chi connectivity index (χ0) is 19.4. The highest BCUT2D eigenvalue weighted by Crippen LogP contribution is 2.37. The molecule has 0 spiro atoms. The van der Waals surface area contributed by atoms with Crippen molar-refractivity contribution in [1.82, 2.24) is 4.90 Å². The third-order valence-corrected chi connectivity index (χ3v) is 5.19. The highest BCUT2D eigenvalue weighted by Gasteiger charge is 2.45. The molecule has 1 fully saturated rings. The van der Waals surface area contributed by atoms with E-state index in [1.165, 1.54) is 12.0 Å². The van der Waals surface area contributed by atoms with Crippen LogP contribution < -0.4 is 0 Å². The van der Waals surface area contributed by atoms with Gasteiger partial charge in [-0.2, -0.15) is 0 Å². The molecule has 2 atom stereocenters. The zero-order valence-corrected chi connectivity index (χ0v) is 16.0. The molecule has 2 aromatic rings. The number of benzene rings is 2. The van der Waals surface area contributed by atoms with E-state index in [1.807, 2.05) is 62.4 Å². The summed E-state index contributed by atoms with van der Waals surface area (Å²) in [5.41, 5.74) is 4.26. The molecule has 5 heteroatoms. The standard InChI is InChI=1S/C22H25NO4/c1-15-8-7-9-16(2)19(15)18-12-13-23(20(18)21(24)26-3)22(25)27-14-17-10-5-4-6-11-17/h4-11,18,20H,12-14H2,1-3H3. The van der Waals surface area contributed by atoms with Crippen molar-refractivity contribution in [3.05, 3.63) is 70.8 Å². The largest absolute Gasteiger partial charge is 0.467 e. The number of rotatable bonds is 4. The third kappa shape index (κ3) is 3.97. The molecule has 1 aliphatic rings. The van der Waals surface area contributed by atoms with Crippen LogP contribution in [-0.4, -0.2) is 36.7 Å². The van der Waals surface area contributed by atoms with Gasteiger partial charge in [-0.25, -0.2) is 9.59 Å². The molecule has 2 aromatic carbocycles. The Hall–Kier alpha value is -2.82. The van der Waals surface area contributed by atoms with Gasteiger partial charge < -0.3 is 9.47 Å². The lowest BCUT2D eigenvalue weighted by Gasteiger charge is -2.27. The average Bonchev–Trinajstić information content (AvgIpc) is 3.11. The lowest BCUT2D eigenvalue weighted by molar-refractivity contribution is -0.145. The number of esters is 1. The van der Waals surface area contributed by atoms with E-state index in [4.69, 9.17) is 9.47 Å². The molecule has 0 radical (unpaired) electrons. The predicted molar refractivity (Wildman–Crippen MR) is 102 cm³/mol. The van der Waals surface area contributed by atoms with Crippen LogP contribution in [0.25, 0.3) is 0 Å². The van der Waals surface area contributed by atoms with Crippen LogP contribution in [0, 0.1) is 13.8 Å². The van der Waals surface area contributed by atoms with E-state index >= 15 is 0 Å². The Bertz CT molecular complexity index is 798. The molecule has 0 bridgehead atoms. The minimum absolute atomic E-state index is 0.0945. The summed E-state index contributed by atoms with van der Waals surface area (Å²) in [6.45, 7) is 4.71. The van der Waals surface area contributed by atoms with E-state index in [2.05, 4.69) is 0 Å². The van der Waals surface area contributed by atoms with Gasteiger partial charge in [0, 0.05) is 12.5 Å². The van der Waals surface area contributed by atoms with Gasteiger partial charge in [0.05, 0.1) is 7.11 Å². The number of hydrogen-bond acceptors (Lipinski definition) is 4. The molecule has 142 valence electrons. The van der Waals surface area contributed by atoms with Crippen molar-refractivity contribution >= 4 is 12.1 Å². The number of hydrogen-bond donors (Lipinski definition) is 0. The first-order chi connectivity index (χ1) is 13.0. The van der Waals surface area contributed by atoms with Crippen molar-refractivity contribution < 1.29 is 19.1 Å². The highest BCUT2D eigenvalue weighted by atomic mass is 16.6. The van der Waals surface area contributed by atoms with Crippen LogP contribution in [0.15, 0.2) is 48.5 Å². The SMILES string of the molecule is COC(=O)C1C(c2c(C)cccc2C)CCN1C(=O)OCc1ccccc1. The molecule has 3 rings (SSSR count). The number of amides is 1. The smallest absolute Gasteiger partial charge is 0.410 e. The minimum Gasteiger partial charge on any atom is -0.467 e. The summed E-state index contributed by atoms with van der Waals surface area (Å²) in [5.74, 6) is -0.500. The minimum atomic E-state index is -0.668. The van der Waals surface area contributed by atoms with Crippen molar-refractivity contribution in [2.75, 3.05) is 13.7 Å². The molecule has 0 aromatic heterocycles. The van der Waals surface area contributed by atoms with Gasteiger partial charge >= 0.3 is 12.1 Å². The molecule has 0 saturated carbocycles. The fourth-order valence-corrected chi connectivity index (χ4v) is 3.93. The third-order valence-electron chi connectivity index (χ3n) is 5.19. The Balaban J connectivity index is 1.81. The van der Waals surface area contributed by atoms with Crippen LogP contribution in [0.5, 0.6) is 0 Å². The first-order valence-electron chi connectivity index (χ1n) is 9.14. The van der Waals surface area contributed by atoms with Crippen LogP contribution in [0.2, 0.25) is 0 Å². The van der Waals surface area contributed by atoms with E-state index in [1.54, 1.807) is 0 Å². The molecular formula is C22H25NO4. The van der Waals surface area contributed by atoms with E-state index in [9.17, 15) is 9.59 Å². The number of aryl methyl sites for hydroxylation is 2. The fraction of sp³-hybridized carbons (Fsp3) is 0.364. The number of ether oxygens (including phenoxy) is 2. The van der Waals surface area contributed by atoms with Gasteiger partial charge in [-0.15, -0.1) is 0 Å². The Kier molecular flexibility index (Phi) is 5.79. The topological polar surface area (TPSA) is 55.8 Å². The van der Waals surface area contributed by atoms with Crippen LogP contribution in [0.4, 0.5) is 4.79 Å². The number of carbonyl (C=O) groups excluding carboxylic acids is 2. The Morgan fingerprint density at radius 1 is 1.04 bits per heavy atom. The Morgan fingerprint density at radius 3 is 2.33 bits per heavy atom. The second-order valence-electron chi connectivity index (χ2n) is 6.90. The monoisotopic (exact) mass is 367 g/mol. The summed E-state index contributed by atoms with van der Waals surface area (Å²) in [6, 6.07) is 14.9. The summed E-state index contributed by atoms with van der Waals surface area (Å²) in [7, 11) is 1.36. The van der Waals surface area contributed by atoms with Gasteiger partial charge in [0.15, 0.2) is 0 Å². The van der Waals surface area contributed by atoms with E-state index in [0.29, 0.717) is 13.0 Å². The summed E-state index contributed by atoms with van der Waals surface area (Å²) in [6.07, 6.45) is 0.217. The van der Waals surface area contributed by atoms with Crippen LogP contribution in [0.1, 0.15) is 34.6 Å². The molecule has 27 heavy (non-hydrogen) atoms. The molecule has 2 unspecified atom stereocenters. The normalized spacial score (nSPS) is 19.0. The van der Waals surface area contributed by atoms with Crippen molar-refractivity contribution in [2.24, 2.45) is 0 Å². The van der Waals surface area contributed by atoms with Gasteiger partial charge in [-0.05, 0) is 42.5 Å². The number of nitrogens with zero attached hydrogens (tertiary/aromatic N) is 1. The predicted octanol–water partition coefficient (Wildman–Crippen LogP) is 3.97. The highest BCUT2D eigenvalue weighted by molar-refractivity contribution is 5.83. The fourth-order valence-electron chi connectivity index (χ4n) is 3.93. The lowest BCUT2D eigenvalue weighted by atomic mass is 9.85. The molecule has 0 N–H and O–H groups in total. The first-order valence-corrected chi connectivity index (χ1v) is 9.14. The van der Waals surface area contributed by atoms with E-state index in [0.717, 1.165) is 22.3 Å². The summed E-state index contributed by atoms with van der Waals surface area (Å²) < 4.78 is 10.5. The van der Waals surface area contributed by atoms with Crippen LogP contribution in [0.3, 0.4) is 0 Å². The van der Waals surface area contributed by atoms with Crippen LogP contribution >= 0.6 is 0 Å². The maximum atomic E-state index is 12.7. The first kappa shape index (κ1) is 19.0. The molecule has 1 heterocycles. The quantitative estimate of drug-likeness (QED) is 0.767. The van der Waals surface area contributed by atoms with Gasteiger partial charge in [-0.1, -0.05) is 48.5 Å². The summed E-state index contributed by atoms with van der Waals surface area (Å²) in [4.78, 5) is 26.7. The molecule has 5 nitrogen and oxygen atoms in total. The number of likely N-dealkylation sites (tertiary alicyclic amines) is 1. The number of methoxy groups -OCH3 is 1. The summed E-state index contributed by atoms with van der Waals surface area (Å²) in [5, 5.41) is 0. The van der Waals surface area contributed by atoms with Crippen molar-refractivity contribution in [3.63, 3.8) is 0 Å². The van der Waals surface area contributed by atoms with Crippen molar-refractivity contribution in [1.29, 1.82) is 0 Å². The van der Waals surface area contributed by atoms with E-state index < -0.39 is 18.1 Å². The van der Waals surface area contributed by atoms with Crippen molar-refractivity contribution in [2.45, 2.75) is 38.8 Å². The molecule has 0 aliphatic carbocycles. The Labute approximate surface area is 159 Å². The molecule has 1 aliphatic heterocycles. The van der Waals surface area contributed by atoms with Gasteiger partial charge in [0.25, 0.3) is 0 Å². The lowest BCUT2D eigenvalue weighted by Crippen LogP contribution is -2.43. The summed E-state index contributed by atoms with van der Waals surface area (Å²) >= 11 is 0. The van der Waals surface area contributed by atoms with Crippen LogP contribution in [-0.2, 0) is 20.9 Å². The second kappa shape index (κ2) is 8.25.